The molecule has 374 valence electrons. The second kappa shape index (κ2) is 52.2. The third kappa shape index (κ3) is 51.2. The molecule has 0 rings (SSSR count). The van der Waals surface area contributed by atoms with E-state index >= 15 is 0 Å². The van der Waals surface area contributed by atoms with Gasteiger partial charge in [0.25, 0.3) is 0 Å². The van der Waals surface area contributed by atoms with Crippen molar-refractivity contribution in [3.63, 3.8) is 0 Å². The summed E-state index contributed by atoms with van der Waals surface area (Å²) < 4.78 is 33.6. The summed E-state index contributed by atoms with van der Waals surface area (Å²) in [5.41, 5.74) is 5.39. The molecular weight excluding hydrogens is 818 g/mol. The summed E-state index contributed by atoms with van der Waals surface area (Å²) in [6.07, 6.45) is 65.4. The van der Waals surface area contributed by atoms with Gasteiger partial charge in [0.2, 0.25) is 0 Å². The van der Waals surface area contributed by atoms with Crippen LogP contribution in [0.25, 0.3) is 0 Å². The van der Waals surface area contributed by atoms with Gasteiger partial charge >= 0.3 is 13.8 Å². The van der Waals surface area contributed by atoms with Gasteiger partial charge in [0.15, 0.2) is 0 Å². The molecule has 0 aliphatic carbocycles. The van der Waals surface area contributed by atoms with Crippen molar-refractivity contribution in [3.8, 4) is 0 Å². The predicted molar refractivity (Wildman–Crippen MR) is 275 cm³/mol. The van der Waals surface area contributed by atoms with Crippen LogP contribution in [0, 0.1) is 0 Å². The minimum atomic E-state index is -4.29. The van der Waals surface area contributed by atoms with Crippen molar-refractivity contribution < 1.29 is 32.8 Å². The molecule has 0 spiro atoms. The van der Waals surface area contributed by atoms with Gasteiger partial charge < -0.3 is 20.1 Å². The molecule has 0 aromatic rings. The summed E-state index contributed by atoms with van der Waals surface area (Å²) in [4.78, 5) is 22.6. The summed E-state index contributed by atoms with van der Waals surface area (Å²) in [6.45, 7) is 4.83. The van der Waals surface area contributed by atoms with Crippen molar-refractivity contribution in [2.45, 2.75) is 251 Å². The van der Waals surface area contributed by atoms with Gasteiger partial charge in [0, 0.05) is 19.6 Å². The molecule has 0 radical (unpaired) electrons. The zero-order valence-corrected chi connectivity index (χ0v) is 42.7. The van der Waals surface area contributed by atoms with Gasteiger partial charge in [0.05, 0.1) is 19.8 Å². The topological polar surface area (TPSA) is 117 Å². The Balaban J connectivity index is 3.94. The molecule has 64 heavy (non-hydrogen) atoms. The number of unbranched alkanes of at least 4 members (excludes halogenated alkanes) is 28. The van der Waals surface area contributed by atoms with Crippen molar-refractivity contribution in [2.24, 2.45) is 5.73 Å². The van der Waals surface area contributed by atoms with Crippen LogP contribution < -0.4 is 5.73 Å². The van der Waals surface area contributed by atoms with E-state index < -0.39 is 13.9 Å². The monoisotopic (exact) mass is 920 g/mol. The first-order valence-corrected chi connectivity index (χ1v) is 28.3. The summed E-state index contributed by atoms with van der Waals surface area (Å²) >= 11 is 0. The quantitative estimate of drug-likeness (QED) is 0.0268. The Bertz CT molecular complexity index is 1170. The van der Waals surface area contributed by atoms with E-state index in [4.69, 9.17) is 24.3 Å². The molecule has 0 fully saturated rings. The van der Waals surface area contributed by atoms with Crippen LogP contribution in [0.4, 0.5) is 0 Å². The van der Waals surface area contributed by atoms with Crippen molar-refractivity contribution >= 4 is 13.8 Å². The predicted octanol–water partition coefficient (Wildman–Crippen LogP) is 16.9. The molecule has 9 heteroatoms. The molecule has 8 nitrogen and oxygen atoms in total. The van der Waals surface area contributed by atoms with Crippen LogP contribution in [-0.4, -0.2) is 49.9 Å². The van der Waals surface area contributed by atoms with Gasteiger partial charge in [-0.05, 0) is 57.8 Å². The van der Waals surface area contributed by atoms with E-state index in [2.05, 4.69) is 74.6 Å². The van der Waals surface area contributed by atoms with E-state index in [0.717, 1.165) is 70.6 Å². The molecule has 0 heterocycles. The molecule has 0 amide bonds. The van der Waals surface area contributed by atoms with Gasteiger partial charge in [0.1, 0.15) is 6.10 Å². The summed E-state index contributed by atoms with van der Waals surface area (Å²) in [5.74, 6) is -0.339. The lowest BCUT2D eigenvalue weighted by molar-refractivity contribution is -0.154. The van der Waals surface area contributed by atoms with E-state index in [1.807, 2.05) is 0 Å². The summed E-state index contributed by atoms with van der Waals surface area (Å²) in [5, 5.41) is 0. The number of phosphoric ester groups is 1. The number of hydrogen-bond donors (Lipinski definition) is 2. The SMILES string of the molecule is CC/C=C\C/C=C\C/C=C\C/C=C\C/C=C\CCCCCCCCCC(=O)OC(COCCCCCCCCCCCCCCCCCCCCCCCC)COP(=O)(O)OCCN. The van der Waals surface area contributed by atoms with Crippen molar-refractivity contribution in [1.29, 1.82) is 0 Å². The number of carbonyl (C=O) groups excluding carboxylic acids is 1. The highest BCUT2D eigenvalue weighted by Crippen LogP contribution is 2.43. The van der Waals surface area contributed by atoms with Crippen LogP contribution in [-0.2, 0) is 27.9 Å². The molecule has 0 saturated carbocycles. The van der Waals surface area contributed by atoms with E-state index in [1.165, 1.54) is 154 Å². The standard InChI is InChI=1S/C55H102NO7P/c1-3-5-7-9-11-13-15-17-19-21-23-25-27-28-30-32-34-36-38-40-42-44-46-48-55(57)63-54(53-62-64(58,59)61-51-49-56)52-60-50-47-45-43-41-39-37-35-33-31-29-26-24-22-20-18-16-14-12-10-8-6-4-2/h5,7,11,13,17,19,23,25,28,30,54H,3-4,6,8-10,12,14-16,18,20-22,24,26-27,29,31-53,56H2,1-2H3,(H,58,59)/b7-5-,13-11-,19-17-,25-23-,30-28-. The first kappa shape index (κ1) is 62.2. The maximum atomic E-state index is 12.7. The molecule has 2 atom stereocenters. The van der Waals surface area contributed by atoms with Crippen LogP contribution in [0.15, 0.2) is 60.8 Å². The number of esters is 1. The number of hydrogen-bond acceptors (Lipinski definition) is 7. The Morgan fingerprint density at radius 3 is 1.31 bits per heavy atom. The summed E-state index contributed by atoms with van der Waals surface area (Å²) in [7, 11) is -4.29. The Morgan fingerprint density at radius 1 is 0.484 bits per heavy atom. The second-order valence-corrected chi connectivity index (χ2v) is 19.2. The fourth-order valence-electron chi connectivity index (χ4n) is 7.56. The van der Waals surface area contributed by atoms with Crippen LogP contribution in [0.3, 0.4) is 0 Å². The molecule has 0 aliphatic rings. The third-order valence-electron chi connectivity index (χ3n) is 11.4. The fraction of sp³-hybridized carbons (Fsp3) is 0.800. The zero-order chi connectivity index (χ0) is 46.5. The molecular formula is C55H102NO7P. The lowest BCUT2D eigenvalue weighted by Gasteiger charge is -2.20. The molecule has 2 unspecified atom stereocenters. The van der Waals surface area contributed by atoms with Gasteiger partial charge in [-0.2, -0.15) is 0 Å². The minimum Gasteiger partial charge on any atom is -0.457 e. The Labute approximate surface area is 395 Å². The first-order chi connectivity index (χ1) is 31.4. The molecule has 0 saturated heterocycles. The molecule has 0 aliphatic heterocycles. The first-order valence-electron chi connectivity index (χ1n) is 26.8. The van der Waals surface area contributed by atoms with E-state index in [9.17, 15) is 14.3 Å². The van der Waals surface area contributed by atoms with Crippen molar-refractivity contribution in [3.05, 3.63) is 60.8 Å². The lowest BCUT2D eigenvalue weighted by atomic mass is 10.0. The highest BCUT2D eigenvalue weighted by molar-refractivity contribution is 7.47. The second-order valence-electron chi connectivity index (χ2n) is 17.7. The largest absolute Gasteiger partial charge is 0.472 e. The average molecular weight is 920 g/mol. The highest BCUT2D eigenvalue weighted by Gasteiger charge is 2.25. The van der Waals surface area contributed by atoms with Gasteiger partial charge in [-0.25, -0.2) is 4.57 Å². The number of phosphoric acid groups is 1. The minimum absolute atomic E-state index is 0.0973. The number of rotatable bonds is 51. The van der Waals surface area contributed by atoms with Gasteiger partial charge in [-0.15, -0.1) is 0 Å². The number of carbonyl (C=O) groups is 1. The average Bonchev–Trinajstić information content (AvgIpc) is 3.29. The van der Waals surface area contributed by atoms with Gasteiger partial charge in [-0.3, -0.25) is 13.8 Å². The normalized spacial score (nSPS) is 13.8. The number of nitrogens with two attached hydrogens (primary N) is 1. The Morgan fingerprint density at radius 2 is 0.875 bits per heavy atom. The maximum Gasteiger partial charge on any atom is 0.472 e. The van der Waals surface area contributed by atoms with Crippen LogP contribution in [0.1, 0.15) is 245 Å². The van der Waals surface area contributed by atoms with Crippen molar-refractivity contribution in [1.82, 2.24) is 0 Å². The maximum absolute atomic E-state index is 12.7. The van der Waals surface area contributed by atoms with Crippen LogP contribution in [0.2, 0.25) is 0 Å². The fourth-order valence-corrected chi connectivity index (χ4v) is 8.32. The molecule has 3 N–H and O–H groups in total. The van der Waals surface area contributed by atoms with E-state index in [0.29, 0.717) is 13.0 Å². The zero-order valence-electron chi connectivity index (χ0n) is 41.8. The number of ether oxygens (including phenoxy) is 2. The van der Waals surface area contributed by atoms with E-state index in [1.54, 1.807) is 0 Å². The number of allylic oxidation sites excluding steroid dienone is 10. The molecule has 0 bridgehead atoms. The van der Waals surface area contributed by atoms with Crippen LogP contribution in [0.5, 0.6) is 0 Å². The van der Waals surface area contributed by atoms with E-state index in [-0.39, 0.29) is 32.3 Å². The Kier molecular flexibility index (Phi) is 50.7. The van der Waals surface area contributed by atoms with Gasteiger partial charge in [-0.1, -0.05) is 242 Å². The Hall–Kier alpha value is -1.80. The summed E-state index contributed by atoms with van der Waals surface area (Å²) in [6, 6.07) is 0. The molecule has 0 aromatic carbocycles. The van der Waals surface area contributed by atoms with Crippen molar-refractivity contribution in [2.75, 3.05) is 33.0 Å². The molecule has 0 aromatic heterocycles. The smallest absolute Gasteiger partial charge is 0.457 e. The lowest BCUT2D eigenvalue weighted by Crippen LogP contribution is -2.28. The van der Waals surface area contributed by atoms with Crippen LogP contribution >= 0.6 is 7.82 Å². The highest BCUT2D eigenvalue weighted by atomic mass is 31.2. The third-order valence-corrected chi connectivity index (χ3v) is 12.4.